The summed E-state index contributed by atoms with van der Waals surface area (Å²) in [5.41, 5.74) is 2.29. The molecule has 0 aliphatic heterocycles. The van der Waals surface area contributed by atoms with Crippen molar-refractivity contribution < 1.29 is 14.1 Å². The number of carbonyl (C=O) groups is 1. The third-order valence-electron chi connectivity index (χ3n) is 4.22. The standard InChI is InChI=1S/C17H18BrNO3/c1-2-21-17(20)14-10-22-19-16(14)15(11-5-3-6-11)12-7-4-8-13(18)9-12/h4,7-11,15H,2-3,5-6H2,1H3. The smallest absolute Gasteiger partial charge is 0.343 e. The monoisotopic (exact) mass is 363 g/mol. The number of carbonyl (C=O) groups excluding carboxylic acids is 1. The molecule has 22 heavy (non-hydrogen) atoms. The highest BCUT2D eigenvalue weighted by Gasteiger charge is 2.35. The Kier molecular flexibility index (Phi) is 4.62. The Morgan fingerprint density at radius 1 is 1.50 bits per heavy atom. The lowest BCUT2D eigenvalue weighted by Crippen LogP contribution is -2.23. The van der Waals surface area contributed by atoms with Crippen LogP contribution >= 0.6 is 15.9 Å². The summed E-state index contributed by atoms with van der Waals surface area (Å²) in [5.74, 6) is 0.204. The zero-order valence-corrected chi connectivity index (χ0v) is 14.0. The van der Waals surface area contributed by atoms with Crippen LogP contribution in [0.1, 0.15) is 53.7 Å². The van der Waals surface area contributed by atoms with E-state index in [9.17, 15) is 4.79 Å². The second-order valence-corrected chi connectivity index (χ2v) is 6.47. The molecule has 0 N–H and O–H groups in total. The second kappa shape index (κ2) is 6.65. The van der Waals surface area contributed by atoms with Gasteiger partial charge in [0.1, 0.15) is 17.5 Å². The molecule has 1 aromatic carbocycles. The quantitative estimate of drug-likeness (QED) is 0.731. The number of nitrogens with zero attached hydrogens (tertiary/aromatic N) is 1. The van der Waals surface area contributed by atoms with Crippen LogP contribution in [0.5, 0.6) is 0 Å². The number of hydrogen-bond donors (Lipinski definition) is 0. The van der Waals surface area contributed by atoms with Crippen LogP contribution in [-0.4, -0.2) is 17.7 Å². The number of ether oxygens (including phenoxy) is 1. The molecule has 5 heteroatoms. The Labute approximate surface area is 138 Å². The van der Waals surface area contributed by atoms with Crippen molar-refractivity contribution in [3.63, 3.8) is 0 Å². The molecule has 1 fully saturated rings. The van der Waals surface area contributed by atoms with Gasteiger partial charge in [0.25, 0.3) is 0 Å². The molecule has 0 radical (unpaired) electrons. The number of aromatic nitrogens is 1. The van der Waals surface area contributed by atoms with Crippen molar-refractivity contribution >= 4 is 21.9 Å². The van der Waals surface area contributed by atoms with Gasteiger partial charge < -0.3 is 9.26 Å². The van der Waals surface area contributed by atoms with E-state index in [4.69, 9.17) is 9.26 Å². The lowest BCUT2D eigenvalue weighted by Gasteiger charge is -2.33. The zero-order chi connectivity index (χ0) is 15.5. The van der Waals surface area contributed by atoms with Gasteiger partial charge in [0, 0.05) is 10.4 Å². The number of benzene rings is 1. The van der Waals surface area contributed by atoms with Crippen molar-refractivity contribution in [2.45, 2.75) is 32.1 Å². The lowest BCUT2D eigenvalue weighted by atomic mass is 9.71. The van der Waals surface area contributed by atoms with E-state index in [1.807, 2.05) is 12.1 Å². The first-order valence-corrected chi connectivity index (χ1v) is 8.37. The minimum absolute atomic E-state index is 0.0735. The molecule has 1 saturated carbocycles. The highest BCUT2D eigenvalue weighted by molar-refractivity contribution is 9.10. The SMILES string of the molecule is CCOC(=O)c1conc1C(c1cccc(Br)c1)C1CCC1. The van der Waals surface area contributed by atoms with E-state index in [0.717, 1.165) is 22.9 Å². The first-order valence-electron chi connectivity index (χ1n) is 7.57. The molecule has 2 aromatic rings. The normalized spacial score (nSPS) is 16.1. The van der Waals surface area contributed by atoms with Crippen LogP contribution in [0, 0.1) is 5.92 Å². The Bertz CT molecular complexity index is 663. The van der Waals surface area contributed by atoms with Gasteiger partial charge in [0.2, 0.25) is 0 Å². The predicted octanol–water partition coefficient (Wildman–Crippen LogP) is 4.55. The maximum absolute atomic E-state index is 12.1. The van der Waals surface area contributed by atoms with E-state index < -0.39 is 0 Å². The number of esters is 1. The van der Waals surface area contributed by atoms with Gasteiger partial charge in [-0.15, -0.1) is 0 Å². The van der Waals surface area contributed by atoms with Gasteiger partial charge in [-0.3, -0.25) is 0 Å². The Morgan fingerprint density at radius 2 is 2.32 bits per heavy atom. The highest BCUT2D eigenvalue weighted by Crippen LogP contribution is 2.44. The minimum Gasteiger partial charge on any atom is -0.462 e. The second-order valence-electron chi connectivity index (χ2n) is 5.56. The fraction of sp³-hybridized carbons (Fsp3) is 0.412. The van der Waals surface area contributed by atoms with Crippen molar-refractivity contribution in [3.8, 4) is 0 Å². The lowest BCUT2D eigenvalue weighted by molar-refractivity contribution is 0.0523. The average Bonchev–Trinajstić information content (AvgIpc) is 2.91. The molecule has 1 aromatic heterocycles. The predicted molar refractivity (Wildman–Crippen MR) is 85.8 cm³/mol. The van der Waals surface area contributed by atoms with Crippen molar-refractivity contribution in [2.75, 3.05) is 6.61 Å². The van der Waals surface area contributed by atoms with Crippen molar-refractivity contribution in [1.29, 1.82) is 0 Å². The fourth-order valence-corrected chi connectivity index (χ4v) is 3.37. The third kappa shape index (κ3) is 2.95. The summed E-state index contributed by atoms with van der Waals surface area (Å²) in [6.07, 6.45) is 4.91. The van der Waals surface area contributed by atoms with Gasteiger partial charge in [0.15, 0.2) is 0 Å². The summed E-state index contributed by atoms with van der Waals surface area (Å²) in [4.78, 5) is 12.1. The summed E-state index contributed by atoms with van der Waals surface area (Å²) in [6.45, 7) is 2.14. The van der Waals surface area contributed by atoms with E-state index in [1.165, 1.54) is 12.7 Å². The molecule has 1 aliphatic carbocycles. The minimum atomic E-state index is -0.363. The van der Waals surface area contributed by atoms with Gasteiger partial charge >= 0.3 is 5.97 Å². The van der Waals surface area contributed by atoms with Crippen LogP contribution in [-0.2, 0) is 4.74 Å². The molecule has 4 nitrogen and oxygen atoms in total. The highest BCUT2D eigenvalue weighted by atomic mass is 79.9. The van der Waals surface area contributed by atoms with E-state index >= 15 is 0 Å². The van der Waals surface area contributed by atoms with Crippen LogP contribution in [0.25, 0.3) is 0 Å². The fourth-order valence-electron chi connectivity index (χ4n) is 2.96. The molecule has 3 rings (SSSR count). The van der Waals surface area contributed by atoms with Gasteiger partial charge in [-0.25, -0.2) is 4.79 Å². The summed E-state index contributed by atoms with van der Waals surface area (Å²) >= 11 is 3.52. The van der Waals surface area contributed by atoms with E-state index in [2.05, 4.69) is 33.2 Å². The maximum Gasteiger partial charge on any atom is 0.343 e. The molecule has 1 atom stereocenters. The first kappa shape index (κ1) is 15.3. The van der Waals surface area contributed by atoms with Crippen molar-refractivity contribution in [1.82, 2.24) is 5.16 Å². The molecular formula is C17H18BrNO3. The summed E-state index contributed by atoms with van der Waals surface area (Å²) in [7, 11) is 0. The van der Waals surface area contributed by atoms with E-state index in [-0.39, 0.29) is 11.9 Å². The van der Waals surface area contributed by atoms with Crippen LogP contribution in [0.2, 0.25) is 0 Å². The molecule has 0 bridgehead atoms. The van der Waals surface area contributed by atoms with Crippen LogP contribution in [0.3, 0.4) is 0 Å². The number of halogens is 1. The molecule has 1 unspecified atom stereocenters. The maximum atomic E-state index is 12.1. The van der Waals surface area contributed by atoms with Gasteiger partial charge in [0.05, 0.1) is 6.61 Å². The van der Waals surface area contributed by atoms with Crippen LogP contribution in [0.4, 0.5) is 0 Å². The van der Waals surface area contributed by atoms with Crippen molar-refractivity contribution in [2.24, 2.45) is 5.92 Å². The zero-order valence-electron chi connectivity index (χ0n) is 12.4. The summed E-state index contributed by atoms with van der Waals surface area (Å²) in [6, 6.07) is 8.18. The molecule has 116 valence electrons. The van der Waals surface area contributed by atoms with E-state index in [0.29, 0.717) is 23.8 Å². The average molecular weight is 364 g/mol. The molecule has 1 aliphatic rings. The van der Waals surface area contributed by atoms with Crippen LogP contribution < -0.4 is 0 Å². The summed E-state index contributed by atoms with van der Waals surface area (Å²) < 4.78 is 11.2. The Hall–Kier alpha value is -1.62. The Balaban J connectivity index is 2.00. The molecule has 1 heterocycles. The third-order valence-corrected chi connectivity index (χ3v) is 4.71. The molecule has 0 spiro atoms. The molecule has 0 amide bonds. The van der Waals surface area contributed by atoms with Gasteiger partial charge in [-0.2, -0.15) is 0 Å². The number of hydrogen-bond acceptors (Lipinski definition) is 4. The van der Waals surface area contributed by atoms with Gasteiger partial charge in [-0.05, 0) is 43.4 Å². The Morgan fingerprint density at radius 3 is 2.95 bits per heavy atom. The first-order chi connectivity index (χ1) is 10.7. The summed E-state index contributed by atoms with van der Waals surface area (Å²) in [5, 5.41) is 4.14. The number of rotatable bonds is 5. The topological polar surface area (TPSA) is 52.3 Å². The van der Waals surface area contributed by atoms with Crippen LogP contribution in [0.15, 0.2) is 39.5 Å². The largest absolute Gasteiger partial charge is 0.462 e. The van der Waals surface area contributed by atoms with Gasteiger partial charge in [-0.1, -0.05) is 39.6 Å². The van der Waals surface area contributed by atoms with E-state index in [1.54, 1.807) is 6.92 Å². The van der Waals surface area contributed by atoms with Crippen molar-refractivity contribution in [3.05, 3.63) is 51.8 Å². The molecule has 0 saturated heterocycles. The molecular weight excluding hydrogens is 346 g/mol.